The predicted molar refractivity (Wildman–Crippen MR) is 76.3 cm³/mol. The second kappa shape index (κ2) is 4.92. The van der Waals surface area contributed by atoms with E-state index in [1.807, 2.05) is 19.9 Å². The minimum Gasteiger partial charge on any atom is -0.170 e. The van der Waals surface area contributed by atoms with Crippen LogP contribution in [0.15, 0.2) is 23.8 Å². The summed E-state index contributed by atoms with van der Waals surface area (Å²) in [6.45, 7) is 7.40. The predicted octanol–water partition coefficient (Wildman–Crippen LogP) is 5.90. The Morgan fingerprint density at radius 1 is 1.15 bits per heavy atom. The molecule has 1 fully saturated rings. The molecule has 0 amide bonds. The first kappa shape index (κ1) is 15.7. The third-order valence-corrected chi connectivity index (χ3v) is 5.11. The molecule has 0 saturated heterocycles. The first-order chi connectivity index (χ1) is 9.07. The summed E-state index contributed by atoms with van der Waals surface area (Å²) >= 11 is 0. The molecule has 20 heavy (non-hydrogen) atoms. The van der Waals surface area contributed by atoms with E-state index in [9.17, 15) is 13.2 Å². The van der Waals surface area contributed by atoms with Crippen molar-refractivity contribution in [2.45, 2.75) is 59.6 Å². The van der Waals surface area contributed by atoms with E-state index < -0.39 is 11.6 Å². The minimum atomic E-state index is -4.23. The maximum absolute atomic E-state index is 13.4. The fourth-order valence-electron chi connectivity index (χ4n) is 3.08. The lowest BCUT2D eigenvalue weighted by Crippen LogP contribution is -2.34. The SMILES string of the molecule is CC(C)/C1=C/C(C)(C(F)(F)F)/C=C\C(C)(C2CC2)CC1. The van der Waals surface area contributed by atoms with Crippen LogP contribution in [0.5, 0.6) is 0 Å². The van der Waals surface area contributed by atoms with Gasteiger partial charge in [0.1, 0.15) is 0 Å². The van der Waals surface area contributed by atoms with Gasteiger partial charge in [0.2, 0.25) is 0 Å². The normalized spacial score (nSPS) is 39.9. The van der Waals surface area contributed by atoms with E-state index in [-0.39, 0.29) is 11.3 Å². The number of hydrogen-bond donors (Lipinski definition) is 0. The molecule has 2 rings (SSSR count). The molecule has 0 spiro atoms. The quantitative estimate of drug-likeness (QED) is 0.554. The van der Waals surface area contributed by atoms with Crippen LogP contribution in [0.2, 0.25) is 0 Å². The van der Waals surface area contributed by atoms with Gasteiger partial charge < -0.3 is 0 Å². The van der Waals surface area contributed by atoms with E-state index >= 15 is 0 Å². The molecule has 0 radical (unpaired) electrons. The molecule has 0 bridgehead atoms. The summed E-state index contributed by atoms with van der Waals surface area (Å²) in [7, 11) is 0. The van der Waals surface area contributed by atoms with Gasteiger partial charge in [-0.25, -0.2) is 0 Å². The first-order valence-electron chi connectivity index (χ1n) is 7.56. The topological polar surface area (TPSA) is 0 Å². The average Bonchev–Trinajstić information content (AvgIpc) is 3.12. The molecular weight excluding hydrogens is 261 g/mol. The smallest absolute Gasteiger partial charge is 0.170 e. The lowest BCUT2D eigenvalue weighted by atomic mass is 9.72. The van der Waals surface area contributed by atoms with Crippen molar-refractivity contribution in [2.75, 3.05) is 0 Å². The maximum Gasteiger partial charge on any atom is 0.400 e. The highest BCUT2D eigenvalue weighted by molar-refractivity contribution is 5.24. The van der Waals surface area contributed by atoms with Gasteiger partial charge in [-0.2, -0.15) is 13.2 Å². The van der Waals surface area contributed by atoms with Crippen molar-refractivity contribution in [1.29, 1.82) is 0 Å². The van der Waals surface area contributed by atoms with Gasteiger partial charge in [-0.05, 0) is 49.9 Å². The lowest BCUT2D eigenvalue weighted by Gasteiger charge is -2.35. The van der Waals surface area contributed by atoms with Gasteiger partial charge in [0.05, 0.1) is 5.41 Å². The van der Waals surface area contributed by atoms with Crippen LogP contribution in [0.25, 0.3) is 0 Å². The molecule has 2 aliphatic carbocycles. The molecule has 0 aliphatic heterocycles. The van der Waals surface area contributed by atoms with Gasteiger partial charge in [0.25, 0.3) is 0 Å². The summed E-state index contributed by atoms with van der Waals surface area (Å²) in [6.07, 6.45) is 4.55. The van der Waals surface area contributed by atoms with Gasteiger partial charge in [-0.15, -0.1) is 0 Å². The fraction of sp³-hybridized carbons (Fsp3) is 0.765. The molecule has 2 aliphatic rings. The van der Waals surface area contributed by atoms with Gasteiger partial charge in [0, 0.05) is 0 Å². The number of hydrogen-bond acceptors (Lipinski definition) is 0. The molecule has 0 N–H and O–H groups in total. The van der Waals surface area contributed by atoms with Crippen molar-refractivity contribution < 1.29 is 13.2 Å². The summed E-state index contributed by atoms with van der Waals surface area (Å²) in [6, 6.07) is 0. The van der Waals surface area contributed by atoms with Crippen LogP contribution in [-0.2, 0) is 0 Å². The molecule has 3 heteroatoms. The lowest BCUT2D eigenvalue weighted by molar-refractivity contribution is -0.184. The molecule has 0 nitrogen and oxygen atoms in total. The Hall–Kier alpha value is -0.730. The summed E-state index contributed by atoms with van der Waals surface area (Å²) in [5.41, 5.74) is -0.953. The van der Waals surface area contributed by atoms with Gasteiger partial charge >= 0.3 is 6.18 Å². The molecular formula is C17H25F3. The third kappa shape index (κ3) is 2.96. The molecule has 0 aromatic rings. The van der Waals surface area contributed by atoms with Crippen molar-refractivity contribution in [1.82, 2.24) is 0 Å². The number of rotatable bonds is 2. The van der Waals surface area contributed by atoms with E-state index in [1.54, 1.807) is 0 Å². The van der Waals surface area contributed by atoms with Crippen LogP contribution in [0.1, 0.15) is 53.4 Å². The monoisotopic (exact) mass is 286 g/mol. The highest BCUT2D eigenvalue weighted by Gasteiger charge is 2.50. The van der Waals surface area contributed by atoms with Crippen LogP contribution in [0.4, 0.5) is 13.2 Å². The summed E-state index contributed by atoms with van der Waals surface area (Å²) < 4.78 is 40.3. The maximum atomic E-state index is 13.4. The van der Waals surface area contributed by atoms with Crippen LogP contribution >= 0.6 is 0 Å². The van der Waals surface area contributed by atoms with Crippen LogP contribution < -0.4 is 0 Å². The summed E-state index contributed by atoms with van der Waals surface area (Å²) in [5.74, 6) is 0.745. The van der Waals surface area contributed by atoms with Gasteiger partial charge in [-0.1, -0.05) is 44.6 Å². The molecule has 0 aromatic heterocycles. The molecule has 0 heterocycles. The number of allylic oxidation sites excluding steroid dienone is 4. The molecule has 114 valence electrons. The van der Waals surface area contributed by atoms with Crippen molar-refractivity contribution in [2.24, 2.45) is 22.7 Å². The zero-order chi connectivity index (χ0) is 15.2. The van der Waals surface area contributed by atoms with E-state index in [4.69, 9.17) is 0 Å². The van der Waals surface area contributed by atoms with E-state index in [0.717, 1.165) is 31.3 Å². The largest absolute Gasteiger partial charge is 0.400 e. The fourth-order valence-corrected chi connectivity index (χ4v) is 3.08. The van der Waals surface area contributed by atoms with Crippen LogP contribution in [0, 0.1) is 22.7 Å². The van der Waals surface area contributed by atoms with Crippen LogP contribution in [0.3, 0.4) is 0 Å². The Morgan fingerprint density at radius 3 is 2.20 bits per heavy atom. The Balaban J connectivity index is 2.41. The zero-order valence-electron chi connectivity index (χ0n) is 12.8. The zero-order valence-corrected chi connectivity index (χ0v) is 12.8. The van der Waals surface area contributed by atoms with Crippen LogP contribution in [-0.4, -0.2) is 6.18 Å². The van der Waals surface area contributed by atoms with E-state index in [1.165, 1.54) is 19.1 Å². The standard InChI is InChI=1S/C17H25F3/c1-12(2)13-7-8-15(3,14-5-6-14)9-10-16(4,11-13)17(18,19)20/h9-12,14H,5-8H2,1-4H3/b10-9-,13-11+. The third-order valence-electron chi connectivity index (χ3n) is 5.11. The van der Waals surface area contributed by atoms with E-state index in [2.05, 4.69) is 6.92 Å². The second-order valence-electron chi connectivity index (χ2n) is 7.27. The Bertz CT molecular complexity index is 426. The second-order valence-corrected chi connectivity index (χ2v) is 7.27. The van der Waals surface area contributed by atoms with Gasteiger partial charge in [-0.3, -0.25) is 0 Å². The Kier molecular flexibility index (Phi) is 3.85. The molecule has 1 saturated carbocycles. The number of halogens is 3. The van der Waals surface area contributed by atoms with Crippen molar-refractivity contribution in [3.8, 4) is 0 Å². The summed E-state index contributed by atoms with van der Waals surface area (Å²) in [4.78, 5) is 0. The van der Waals surface area contributed by atoms with Crippen molar-refractivity contribution in [3.05, 3.63) is 23.8 Å². The molecule has 2 atom stereocenters. The van der Waals surface area contributed by atoms with Crippen molar-refractivity contribution in [3.63, 3.8) is 0 Å². The minimum absolute atomic E-state index is 0.0685. The van der Waals surface area contributed by atoms with Crippen molar-refractivity contribution >= 4 is 0 Å². The summed E-state index contributed by atoms with van der Waals surface area (Å²) in [5, 5.41) is 0. The molecule has 0 aromatic carbocycles. The first-order valence-corrected chi connectivity index (χ1v) is 7.56. The molecule has 2 unspecified atom stereocenters. The van der Waals surface area contributed by atoms with Gasteiger partial charge in [0.15, 0.2) is 0 Å². The highest BCUT2D eigenvalue weighted by atomic mass is 19.4. The Morgan fingerprint density at radius 2 is 1.75 bits per heavy atom. The number of alkyl halides is 3. The highest BCUT2D eigenvalue weighted by Crippen LogP contribution is 2.53. The Labute approximate surface area is 120 Å². The average molecular weight is 286 g/mol. The van der Waals surface area contributed by atoms with E-state index in [0.29, 0.717) is 5.92 Å².